The molecule has 0 bridgehead atoms. The minimum Gasteiger partial charge on any atom is -0.475 e. The van der Waals surface area contributed by atoms with E-state index in [1.165, 1.54) is 31.2 Å². The van der Waals surface area contributed by atoms with Crippen LogP contribution in [0, 0.1) is 11.7 Å². The number of fused-ring (bicyclic) bond motifs is 1. The highest BCUT2D eigenvalue weighted by atomic mass is 19.4. The fraction of sp³-hybridized carbons (Fsp3) is 0.682. The Morgan fingerprint density at radius 2 is 1.77 bits per heavy atom. The van der Waals surface area contributed by atoms with Crippen molar-refractivity contribution in [3.05, 3.63) is 35.6 Å². The van der Waals surface area contributed by atoms with Crippen LogP contribution in [0.3, 0.4) is 0 Å². The van der Waals surface area contributed by atoms with Crippen LogP contribution in [0.5, 0.6) is 0 Å². The molecule has 0 spiro atoms. The van der Waals surface area contributed by atoms with Crippen molar-refractivity contribution in [2.24, 2.45) is 5.92 Å². The highest BCUT2D eigenvalue weighted by Gasteiger charge is 2.43. The Kier molecular flexibility index (Phi) is 8.30. The molecule has 1 aromatic carbocycles. The van der Waals surface area contributed by atoms with Gasteiger partial charge in [0.25, 0.3) is 0 Å². The number of ether oxygens (including phenoxy) is 2. The molecule has 1 N–H and O–H groups in total. The SMILES string of the molecule is Fc1ccc(CN2CCO[C@H]3[C@H](OCC4CCCC4)CC[C@@H]32)cc1.O=C(O)C(F)(F)F. The zero-order chi connectivity index (χ0) is 22.4. The van der Waals surface area contributed by atoms with Gasteiger partial charge in [-0.3, -0.25) is 4.90 Å². The number of nitrogens with zero attached hydrogens (tertiary/aromatic N) is 1. The molecule has 1 saturated heterocycles. The molecule has 9 heteroatoms. The van der Waals surface area contributed by atoms with E-state index >= 15 is 0 Å². The van der Waals surface area contributed by atoms with Gasteiger partial charge in [0.15, 0.2) is 0 Å². The van der Waals surface area contributed by atoms with E-state index in [9.17, 15) is 17.6 Å². The maximum Gasteiger partial charge on any atom is 0.490 e. The lowest BCUT2D eigenvalue weighted by Gasteiger charge is -2.39. The predicted octanol–water partition coefficient (Wildman–Crippen LogP) is 4.40. The fourth-order valence-corrected chi connectivity index (χ4v) is 4.63. The summed E-state index contributed by atoms with van der Waals surface area (Å²) in [5, 5.41) is 7.12. The van der Waals surface area contributed by atoms with E-state index < -0.39 is 12.1 Å². The van der Waals surface area contributed by atoms with Crippen molar-refractivity contribution in [1.82, 2.24) is 4.90 Å². The van der Waals surface area contributed by atoms with E-state index in [4.69, 9.17) is 19.4 Å². The van der Waals surface area contributed by atoms with E-state index in [1.807, 2.05) is 12.1 Å². The molecular weight excluding hydrogens is 418 g/mol. The Bertz CT molecular complexity index is 706. The van der Waals surface area contributed by atoms with Crippen molar-refractivity contribution in [2.75, 3.05) is 19.8 Å². The van der Waals surface area contributed by atoms with Gasteiger partial charge in [-0.25, -0.2) is 9.18 Å². The smallest absolute Gasteiger partial charge is 0.475 e. The Morgan fingerprint density at radius 3 is 2.39 bits per heavy atom. The number of hydrogen-bond acceptors (Lipinski definition) is 4. The maximum atomic E-state index is 13.1. The molecule has 1 aliphatic heterocycles. The number of benzene rings is 1. The molecule has 4 rings (SSSR count). The largest absolute Gasteiger partial charge is 0.490 e. The summed E-state index contributed by atoms with van der Waals surface area (Å²) >= 11 is 0. The molecule has 2 saturated carbocycles. The zero-order valence-electron chi connectivity index (χ0n) is 17.3. The minimum atomic E-state index is -5.08. The third-order valence-corrected chi connectivity index (χ3v) is 6.21. The molecular formula is C22H29F4NO4. The van der Waals surface area contributed by atoms with Crippen LogP contribution in [0.1, 0.15) is 44.1 Å². The molecule has 31 heavy (non-hydrogen) atoms. The standard InChI is InChI=1S/C20H28FNO2.C2HF3O2/c21-17-7-5-15(6-8-17)13-22-11-12-23-20-18(22)9-10-19(20)24-14-16-3-1-2-4-16;3-2(4,5)1(6)7/h5-8,16,18-20H,1-4,9-14H2;(H,6,7)/t18-,19+,20+;/m0./s1. The second-order valence-corrected chi connectivity index (χ2v) is 8.40. The number of rotatable bonds is 5. The average molecular weight is 447 g/mol. The Hall–Kier alpha value is -1.71. The summed E-state index contributed by atoms with van der Waals surface area (Å²) in [5.41, 5.74) is 1.17. The predicted molar refractivity (Wildman–Crippen MR) is 105 cm³/mol. The van der Waals surface area contributed by atoms with Crippen LogP contribution >= 0.6 is 0 Å². The number of halogens is 4. The summed E-state index contributed by atoms with van der Waals surface area (Å²) < 4.78 is 57.2. The lowest BCUT2D eigenvalue weighted by molar-refractivity contribution is -0.192. The zero-order valence-corrected chi connectivity index (χ0v) is 17.3. The molecule has 3 fully saturated rings. The molecule has 174 valence electrons. The first-order valence-electron chi connectivity index (χ1n) is 10.8. The number of morpholine rings is 1. The van der Waals surface area contributed by atoms with Gasteiger partial charge in [0, 0.05) is 25.7 Å². The van der Waals surface area contributed by atoms with Crippen LogP contribution < -0.4 is 0 Å². The first-order chi connectivity index (χ1) is 14.7. The molecule has 1 heterocycles. The van der Waals surface area contributed by atoms with Crippen molar-refractivity contribution in [3.8, 4) is 0 Å². The van der Waals surface area contributed by atoms with Gasteiger partial charge in [0.1, 0.15) is 5.82 Å². The molecule has 5 nitrogen and oxygen atoms in total. The summed E-state index contributed by atoms with van der Waals surface area (Å²) in [6.07, 6.45) is 3.02. The van der Waals surface area contributed by atoms with Crippen LogP contribution in [-0.4, -0.2) is 60.2 Å². The second kappa shape index (κ2) is 10.7. The molecule has 3 atom stereocenters. The number of aliphatic carboxylic acids is 1. The summed E-state index contributed by atoms with van der Waals surface area (Å²) in [6, 6.07) is 7.33. The number of alkyl halides is 3. The van der Waals surface area contributed by atoms with Gasteiger partial charge in [-0.2, -0.15) is 13.2 Å². The maximum absolute atomic E-state index is 13.1. The Balaban J connectivity index is 0.000000339. The van der Waals surface area contributed by atoms with Gasteiger partial charge in [-0.05, 0) is 49.3 Å². The highest BCUT2D eigenvalue weighted by molar-refractivity contribution is 5.73. The summed E-state index contributed by atoms with van der Waals surface area (Å²) in [4.78, 5) is 11.4. The monoisotopic (exact) mass is 447 g/mol. The van der Waals surface area contributed by atoms with E-state index in [0.29, 0.717) is 6.04 Å². The molecule has 3 aliphatic rings. The number of hydrogen-bond donors (Lipinski definition) is 1. The highest BCUT2D eigenvalue weighted by Crippen LogP contribution is 2.34. The van der Waals surface area contributed by atoms with Gasteiger partial charge in [-0.15, -0.1) is 0 Å². The average Bonchev–Trinajstić information content (AvgIpc) is 3.38. The van der Waals surface area contributed by atoms with Gasteiger partial charge in [0.2, 0.25) is 0 Å². The van der Waals surface area contributed by atoms with Crippen LogP contribution in [-0.2, 0) is 20.8 Å². The second-order valence-electron chi connectivity index (χ2n) is 8.40. The fourth-order valence-electron chi connectivity index (χ4n) is 4.63. The quantitative estimate of drug-likeness (QED) is 0.679. The number of carboxylic acid groups (broad SMARTS) is 1. The van der Waals surface area contributed by atoms with Crippen LogP contribution in [0.4, 0.5) is 17.6 Å². The Morgan fingerprint density at radius 1 is 1.13 bits per heavy atom. The van der Waals surface area contributed by atoms with Crippen LogP contribution in [0.25, 0.3) is 0 Å². The molecule has 0 radical (unpaired) electrons. The first kappa shape index (κ1) is 23.9. The molecule has 0 amide bonds. The van der Waals surface area contributed by atoms with Crippen molar-refractivity contribution in [2.45, 2.75) is 69.5 Å². The third-order valence-electron chi connectivity index (χ3n) is 6.21. The van der Waals surface area contributed by atoms with Crippen LogP contribution in [0.2, 0.25) is 0 Å². The third kappa shape index (κ3) is 6.89. The minimum absolute atomic E-state index is 0.167. The summed E-state index contributed by atoms with van der Waals surface area (Å²) in [7, 11) is 0. The Labute approximate surface area is 179 Å². The van der Waals surface area contributed by atoms with E-state index in [-0.39, 0.29) is 18.0 Å². The van der Waals surface area contributed by atoms with Crippen molar-refractivity contribution >= 4 is 5.97 Å². The first-order valence-corrected chi connectivity index (χ1v) is 10.8. The van der Waals surface area contributed by atoms with Gasteiger partial charge < -0.3 is 14.6 Å². The van der Waals surface area contributed by atoms with Crippen molar-refractivity contribution in [1.29, 1.82) is 0 Å². The molecule has 1 aromatic rings. The summed E-state index contributed by atoms with van der Waals surface area (Å²) in [6.45, 7) is 3.51. The van der Waals surface area contributed by atoms with Crippen molar-refractivity contribution in [3.63, 3.8) is 0 Å². The van der Waals surface area contributed by atoms with Gasteiger partial charge in [0.05, 0.1) is 18.8 Å². The lowest BCUT2D eigenvalue weighted by atomic mass is 10.1. The normalized spacial score (nSPS) is 26.9. The van der Waals surface area contributed by atoms with E-state index in [1.54, 1.807) is 12.1 Å². The topological polar surface area (TPSA) is 59.0 Å². The molecule has 0 aromatic heterocycles. The lowest BCUT2D eigenvalue weighted by Crippen LogP contribution is -2.51. The summed E-state index contributed by atoms with van der Waals surface area (Å²) in [5.74, 6) is -2.16. The number of carboxylic acids is 1. The van der Waals surface area contributed by atoms with Gasteiger partial charge >= 0.3 is 12.1 Å². The molecule has 0 unspecified atom stereocenters. The van der Waals surface area contributed by atoms with Gasteiger partial charge in [-0.1, -0.05) is 25.0 Å². The molecule has 2 aliphatic carbocycles. The van der Waals surface area contributed by atoms with E-state index in [2.05, 4.69) is 4.90 Å². The van der Waals surface area contributed by atoms with E-state index in [0.717, 1.165) is 45.1 Å². The van der Waals surface area contributed by atoms with Crippen molar-refractivity contribution < 1.29 is 36.9 Å². The van der Waals surface area contributed by atoms with Crippen LogP contribution in [0.15, 0.2) is 24.3 Å². The number of carbonyl (C=O) groups is 1.